The molecule has 0 fully saturated rings. The van der Waals surface area contributed by atoms with Gasteiger partial charge >= 0.3 is 0 Å². The second-order valence-corrected chi connectivity index (χ2v) is 8.46. The van der Waals surface area contributed by atoms with E-state index in [0.717, 1.165) is 28.7 Å². The molecule has 2 aromatic heterocycles. The fraction of sp³-hybridized carbons (Fsp3) is 0.381. The third kappa shape index (κ3) is 6.64. The highest BCUT2D eigenvalue weighted by Crippen LogP contribution is 2.31. The molecule has 27 heavy (non-hydrogen) atoms. The van der Waals surface area contributed by atoms with Gasteiger partial charge in [-0.1, -0.05) is 32.9 Å². The number of carbonyl (C=O) groups excluding carboxylic acids is 1. The van der Waals surface area contributed by atoms with Crippen LogP contribution < -0.4 is 4.90 Å². The number of nitrogens with zero attached hydrogens (tertiary/aromatic N) is 3. The Hall–Kier alpha value is -2.47. The van der Waals surface area contributed by atoms with E-state index in [2.05, 4.69) is 32.3 Å². The van der Waals surface area contributed by atoms with Crippen molar-refractivity contribution >= 4 is 39.5 Å². The molecule has 0 saturated heterocycles. The molecular weight excluding hydrogens is 356 g/mol. The number of rotatable bonds is 5. The molecule has 0 saturated carbocycles. The highest BCUT2D eigenvalue weighted by Gasteiger charge is 2.17. The Bertz CT molecular complexity index is 815. The lowest BCUT2D eigenvalue weighted by Gasteiger charge is -2.13. The van der Waals surface area contributed by atoms with Crippen molar-refractivity contribution in [2.45, 2.75) is 34.1 Å². The number of allylic oxidation sites excluding steroid dienone is 2. The van der Waals surface area contributed by atoms with Gasteiger partial charge in [-0.25, -0.2) is 4.98 Å². The van der Waals surface area contributed by atoms with E-state index in [9.17, 15) is 4.79 Å². The van der Waals surface area contributed by atoms with E-state index in [1.165, 1.54) is 16.2 Å². The van der Waals surface area contributed by atoms with Crippen LogP contribution in [0, 0.1) is 10.8 Å². The number of hydrogen-bond donors (Lipinski definition) is 1. The third-order valence-electron chi connectivity index (χ3n) is 3.55. The predicted molar refractivity (Wildman–Crippen MR) is 118 cm³/mol. The average Bonchev–Trinajstić information content (AvgIpc) is 3.02. The summed E-state index contributed by atoms with van der Waals surface area (Å²) >= 11 is 1.34. The van der Waals surface area contributed by atoms with Crippen LogP contribution in [0.5, 0.6) is 0 Å². The van der Waals surface area contributed by atoms with Gasteiger partial charge in [0.15, 0.2) is 0 Å². The summed E-state index contributed by atoms with van der Waals surface area (Å²) < 4.78 is 0. The first kappa shape index (κ1) is 22.6. The minimum atomic E-state index is -0.217. The molecule has 0 aliphatic carbocycles. The van der Waals surface area contributed by atoms with E-state index in [4.69, 9.17) is 5.41 Å². The number of fused-ring (bicyclic) bond motifs is 1. The summed E-state index contributed by atoms with van der Waals surface area (Å²) in [5.41, 5.74) is 1.46. The Kier molecular flexibility index (Phi) is 8.37. The van der Waals surface area contributed by atoms with Gasteiger partial charge < -0.3 is 4.90 Å². The van der Waals surface area contributed by atoms with Gasteiger partial charge in [0.2, 0.25) is 0 Å². The first-order valence-electron chi connectivity index (χ1n) is 8.77. The predicted octanol–water partition coefficient (Wildman–Crippen LogP) is 5.55. The summed E-state index contributed by atoms with van der Waals surface area (Å²) in [4.78, 5) is 21.3. The van der Waals surface area contributed by atoms with Crippen LogP contribution in [0.2, 0.25) is 0 Å². The van der Waals surface area contributed by atoms with Gasteiger partial charge in [0.1, 0.15) is 4.83 Å². The van der Waals surface area contributed by atoms with Gasteiger partial charge in [-0.15, -0.1) is 17.9 Å². The van der Waals surface area contributed by atoms with Crippen LogP contribution in [0.15, 0.2) is 43.3 Å². The summed E-state index contributed by atoms with van der Waals surface area (Å²) in [5, 5.41) is 8.25. The van der Waals surface area contributed by atoms with Crippen LogP contribution in [-0.2, 0) is 0 Å². The Morgan fingerprint density at radius 2 is 2.04 bits per heavy atom. The van der Waals surface area contributed by atoms with Crippen molar-refractivity contribution in [2.24, 2.45) is 5.41 Å². The Balaban J connectivity index is 0.000000445. The Morgan fingerprint density at radius 3 is 2.48 bits per heavy atom. The normalized spacial score (nSPS) is 11.0. The minimum absolute atomic E-state index is 0.217. The Labute approximate surface area is 166 Å². The molecule has 2 aromatic rings. The molecule has 6 heteroatoms. The quantitative estimate of drug-likeness (QED) is 0.416. The number of thiophene rings is 1. The number of hydrogen-bond acceptors (Lipinski definition) is 5. The average molecular weight is 387 g/mol. The van der Waals surface area contributed by atoms with Crippen LogP contribution in [0.4, 0.5) is 5.69 Å². The third-order valence-corrected chi connectivity index (χ3v) is 4.58. The number of anilines is 1. The van der Waals surface area contributed by atoms with Crippen LogP contribution in [0.3, 0.4) is 0 Å². The molecule has 5 nitrogen and oxygen atoms in total. The molecule has 0 unspecified atom stereocenters. The maximum absolute atomic E-state index is 12.3. The molecule has 0 aromatic carbocycles. The largest absolute Gasteiger partial charge is 0.377 e. The SMILES string of the molecule is C/C=C/N(C=N)C(=O)c1cc2c(N(C)C)ccnc2s1.C=CCC(C)(C)C. The number of amides is 1. The van der Waals surface area contributed by atoms with E-state index in [0.29, 0.717) is 10.3 Å². The van der Waals surface area contributed by atoms with Crippen molar-refractivity contribution in [3.8, 4) is 0 Å². The zero-order valence-corrected chi connectivity index (χ0v) is 17.9. The highest BCUT2D eigenvalue weighted by molar-refractivity contribution is 7.20. The molecule has 0 bridgehead atoms. The smallest absolute Gasteiger partial charge is 0.273 e. The van der Waals surface area contributed by atoms with Gasteiger partial charge in [-0.05, 0) is 30.9 Å². The lowest BCUT2D eigenvalue weighted by molar-refractivity contribution is 0.0895. The summed E-state index contributed by atoms with van der Waals surface area (Å²) in [7, 11) is 3.91. The van der Waals surface area contributed by atoms with Crippen molar-refractivity contribution in [2.75, 3.05) is 19.0 Å². The second-order valence-electron chi connectivity index (χ2n) is 7.43. The van der Waals surface area contributed by atoms with Crippen LogP contribution in [0.25, 0.3) is 10.2 Å². The topological polar surface area (TPSA) is 60.3 Å². The van der Waals surface area contributed by atoms with Crippen LogP contribution in [-0.4, -0.2) is 36.2 Å². The molecule has 0 aliphatic rings. The van der Waals surface area contributed by atoms with Gasteiger partial charge in [-0.2, -0.15) is 0 Å². The number of aromatic nitrogens is 1. The van der Waals surface area contributed by atoms with E-state index in [-0.39, 0.29) is 5.91 Å². The van der Waals surface area contributed by atoms with E-state index in [1.54, 1.807) is 25.4 Å². The van der Waals surface area contributed by atoms with Crippen molar-refractivity contribution < 1.29 is 4.79 Å². The zero-order valence-electron chi connectivity index (χ0n) is 17.1. The van der Waals surface area contributed by atoms with Gasteiger partial charge in [-0.3, -0.25) is 15.1 Å². The lowest BCUT2D eigenvalue weighted by Crippen LogP contribution is -2.22. The van der Waals surface area contributed by atoms with E-state index in [1.807, 2.05) is 37.2 Å². The molecule has 1 amide bonds. The van der Waals surface area contributed by atoms with Gasteiger partial charge in [0, 0.05) is 37.6 Å². The maximum Gasteiger partial charge on any atom is 0.273 e. The van der Waals surface area contributed by atoms with Crippen molar-refractivity contribution in [1.82, 2.24) is 9.88 Å². The fourth-order valence-corrected chi connectivity index (χ4v) is 3.28. The molecule has 0 aliphatic heterocycles. The molecule has 2 heterocycles. The van der Waals surface area contributed by atoms with Crippen molar-refractivity contribution in [3.63, 3.8) is 0 Å². The molecule has 146 valence electrons. The molecular formula is C21H30N4OS. The maximum atomic E-state index is 12.3. The molecule has 0 spiro atoms. The first-order valence-corrected chi connectivity index (χ1v) is 9.59. The monoisotopic (exact) mass is 386 g/mol. The van der Waals surface area contributed by atoms with E-state index >= 15 is 0 Å². The summed E-state index contributed by atoms with van der Waals surface area (Å²) in [6.07, 6.45) is 9.10. The first-order chi connectivity index (χ1) is 12.6. The standard InChI is InChI=1S/C14H16N4OS.C7H14/c1-4-7-18(9-15)14(19)12-8-10-11(17(2)3)5-6-16-13(10)20-12;1-5-6-7(2,3)4/h4-9,15H,1-3H3;5H,1,6H2,2-4H3/b7-4+,15-9?;. The number of pyridine rings is 1. The molecule has 2 rings (SSSR count). The lowest BCUT2D eigenvalue weighted by atomic mass is 9.93. The molecule has 1 N–H and O–H groups in total. The number of nitrogens with one attached hydrogen (secondary N) is 1. The second kappa shape index (κ2) is 10.0. The van der Waals surface area contributed by atoms with Gasteiger partial charge in [0.25, 0.3) is 5.91 Å². The van der Waals surface area contributed by atoms with Crippen LogP contribution >= 0.6 is 11.3 Å². The summed E-state index contributed by atoms with van der Waals surface area (Å²) in [6, 6.07) is 3.76. The van der Waals surface area contributed by atoms with E-state index < -0.39 is 0 Å². The van der Waals surface area contributed by atoms with Crippen molar-refractivity contribution in [3.05, 3.63) is 48.1 Å². The van der Waals surface area contributed by atoms with Crippen LogP contribution in [0.1, 0.15) is 43.8 Å². The van der Waals surface area contributed by atoms with Crippen molar-refractivity contribution in [1.29, 1.82) is 5.41 Å². The zero-order chi connectivity index (χ0) is 20.6. The summed E-state index contributed by atoms with van der Waals surface area (Å²) in [6.45, 7) is 12.1. The van der Waals surface area contributed by atoms with Gasteiger partial charge in [0.05, 0.1) is 11.2 Å². The molecule has 0 radical (unpaired) electrons. The fourth-order valence-electron chi connectivity index (χ4n) is 2.31. The minimum Gasteiger partial charge on any atom is -0.377 e. The highest BCUT2D eigenvalue weighted by atomic mass is 32.1. The Morgan fingerprint density at radius 1 is 1.37 bits per heavy atom. The molecule has 0 atom stereocenters. The number of carbonyl (C=O) groups is 1. The summed E-state index contributed by atoms with van der Waals surface area (Å²) in [5.74, 6) is -0.217.